The van der Waals surface area contributed by atoms with Crippen molar-refractivity contribution >= 4 is 23.3 Å². The highest BCUT2D eigenvalue weighted by Crippen LogP contribution is 2.15. The normalized spacial score (nSPS) is 10.9. The van der Waals surface area contributed by atoms with Crippen molar-refractivity contribution in [2.45, 2.75) is 26.4 Å². The molecule has 0 unspecified atom stereocenters. The van der Waals surface area contributed by atoms with Crippen molar-refractivity contribution in [3.05, 3.63) is 24.3 Å². The summed E-state index contributed by atoms with van der Waals surface area (Å²) in [6.45, 7) is 5.59. The zero-order valence-corrected chi connectivity index (χ0v) is 11.3. The second kappa shape index (κ2) is 6.19. The van der Waals surface area contributed by atoms with Crippen LogP contribution in [0, 0.1) is 0 Å². The van der Waals surface area contributed by atoms with Crippen LogP contribution in [0.25, 0.3) is 0 Å². The van der Waals surface area contributed by atoms with E-state index in [4.69, 9.17) is 10.5 Å². The van der Waals surface area contributed by atoms with Crippen LogP contribution in [-0.2, 0) is 9.53 Å². The van der Waals surface area contributed by atoms with Crippen molar-refractivity contribution in [3.63, 3.8) is 0 Å². The number of urea groups is 1. The van der Waals surface area contributed by atoms with Gasteiger partial charge in [-0.05, 0) is 39.0 Å². The zero-order chi connectivity index (χ0) is 14.5. The van der Waals surface area contributed by atoms with E-state index in [0.717, 1.165) is 0 Å². The maximum Gasteiger partial charge on any atom is 0.316 e. The van der Waals surface area contributed by atoms with Crippen LogP contribution in [0.15, 0.2) is 24.3 Å². The molecule has 0 heterocycles. The number of carbonyl (C=O) groups is 2. The van der Waals surface area contributed by atoms with E-state index in [1.54, 1.807) is 24.3 Å². The minimum absolute atomic E-state index is 0.0308. The number of hydrogen-bond acceptors (Lipinski definition) is 3. The minimum Gasteiger partial charge on any atom is -0.366 e. The first-order chi connectivity index (χ1) is 8.76. The van der Waals surface area contributed by atoms with Gasteiger partial charge < -0.3 is 21.1 Å². The Morgan fingerprint density at radius 1 is 1.21 bits per heavy atom. The topological polar surface area (TPSA) is 93.4 Å². The van der Waals surface area contributed by atoms with Gasteiger partial charge in [0.2, 0.25) is 5.91 Å². The monoisotopic (exact) mass is 265 g/mol. The smallest absolute Gasteiger partial charge is 0.316 e. The molecule has 0 fully saturated rings. The van der Waals surface area contributed by atoms with Crippen LogP contribution in [0.4, 0.5) is 16.2 Å². The van der Waals surface area contributed by atoms with Gasteiger partial charge in [0.05, 0.1) is 5.60 Å². The number of nitrogens with two attached hydrogens (primary N) is 1. The number of hydrogen-bond donors (Lipinski definition) is 3. The van der Waals surface area contributed by atoms with Gasteiger partial charge in [-0.2, -0.15) is 0 Å². The average molecular weight is 265 g/mol. The molecule has 0 aliphatic heterocycles. The minimum atomic E-state index is -0.653. The Morgan fingerprint density at radius 2 is 1.79 bits per heavy atom. The highest BCUT2D eigenvalue weighted by molar-refractivity contribution is 5.93. The lowest BCUT2D eigenvalue weighted by Gasteiger charge is -2.19. The number of carbonyl (C=O) groups excluding carboxylic acids is 2. The molecule has 0 spiro atoms. The third kappa shape index (κ3) is 6.42. The molecule has 0 aliphatic carbocycles. The SMILES string of the molecule is CC(C)(C)OCC(=O)Nc1cccc(NC(N)=O)c1. The second-order valence-corrected chi connectivity index (χ2v) is 5.02. The molecule has 0 atom stereocenters. The number of benzene rings is 1. The number of nitrogens with one attached hydrogen (secondary N) is 2. The molecule has 3 amide bonds. The fraction of sp³-hybridized carbons (Fsp3) is 0.385. The van der Waals surface area contributed by atoms with Gasteiger partial charge in [-0.3, -0.25) is 4.79 Å². The van der Waals surface area contributed by atoms with E-state index in [2.05, 4.69) is 10.6 Å². The second-order valence-electron chi connectivity index (χ2n) is 5.02. The fourth-order valence-electron chi connectivity index (χ4n) is 1.30. The zero-order valence-electron chi connectivity index (χ0n) is 11.3. The summed E-state index contributed by atoms with van der Waals surface area (Å²) >= 11 is 0. The van der Waals surface area contributed by atoms with Gasteiger partial charge in [0, 0.05) is 11.4 Å². The van der Waals surface area contributed by atoms with Gasteiger partial charge in [0.25, 0.3) is 0 Å². The van der Waals surface area contributed by atoms with Crippen molar-refractivity contribution < 1.29 is 14.3 Å². The summed E-state index contributed by atoms with van der Waals surface area (Å²) in [6, 6.07) is 6.04. The highest BCUT2D eigenvalue weighted by Gasteiger charge is 2.13. The Balaban J connectivity index is 2.57. The largest absolute Gasteiger partial charge is 0.366 e. The lowest BCUT2D eigenvalue weighted by atomic mass is 10.2. The number of primary amides is 1. The molecule has 1 aromatic carbocycles. The molecule has 6 heteroatoms. The molecule has 104 valence electrons. The fourth-order valence-corrected chi connectivity index (χ4v) is 1.30. The van der Waals surface area contributed by atoms with Gasteiger partial charge in [-0.15, -0.1) is 0 Å². The van der Waals surface area contributed by atoms with E-state index in [9.17, 15) is 9.59 Å². The third-order valence-corrected chi connectivity index (χ3v) is 2.05. The molecule has 0 aromatic heterocycles. The maximum atomic E-state index is 11.6. The van der Waals surface area contributed by atoms with Crippen LogP contribution in [0.2, 0.25) is 0 Å². The maximum absolute atomic E-state index is 11.6. The Hall–Kier alpha value is -2.08. The molecule has 0 saturated carbocycles. The van der Waals surface area contributed by atoms with Crippen LogP contribution in [0.5, 0.6) is 0 Å². The Bertz CT molecular complexity index is 466. The summed E-state index contributed by atoms with van der Waals surface area (Å²) in [6.07, 6.45) is 0. The van der Waals surface area contributed by atoms with Gasteiger partial charge in [0.1, 0.15) is 6.61 Å². The molecule has 6 nitrogen and oxygen atoms in total. The standard InChI is InChI=1S/C13H19N3O3/c1-13(2,3)19-8-11(17)15-9-5-4-6-10(7-9)16-12(14)18/h4-7H,8H2,1-3H3,(H,15,17)(H3,14,16,18). The predicted molar refractivity (Wildman–Crippen MR) is 74.0 cm³/mol. The van der Waals surface area contributed by atoms with Crippen molar-refractivity contribution in [1.82, 2.24) is 0 Å². The van der Waals surface area contributed by atoms with E-state index in [0.29, 0.717) is 11.4 Å². The lowest BCUT2D eigenvalue weighted by Crippen LogP contribution is -2.27. The quantitative estimate of drug-likeness (QED) is 0.776. The van der Waals surface area contributed by atoms with E-state index >= 15 is 0 Å². The van der Waals surface area contributed by atoms with Crippen LogP contribution in [-0.4, -0.2) is 24.1 Å². The van der Waals surface area contributed by atoms with Crippen molar-refractivity contribution in [1.29, 1.82) is 0 Å². The molecule has 0 saturated heterocycles. The Kier molecular flexibility index (Phi) is 4.88. The van der Waals surface area contributed by atoms with Crippen LogP contribution in [0.1, 0.15) is 20.8 Å². The number of anilines is 2. The van der Waals surface area contributed by atoms with E-state index in [1.807, 2.05) is 20.8 Å². The predicted octanol–water partition coefficient (Wildman–Crippen LogP) is 1.93. The summed E-state index contributed by atoms with van der Waals surface area (Å²) < 4.78 is 5.36. The molecule has 1 rings (SSSR count). The number of rotatable bonds is 4. The van der Waals surface area contributed by atoms with Crippen molar-refractivity contribution in [2.24, 2.45) is 5.73 Å². The first-order valence-electron chi connectivity index (χ1n) is 5.86. The van der Waals surface area contributed by atoms with E-state index in [-0.39, 0.29) is 18.1 Å². The highest BCUT2D eigenvalue weighted by atomic mass is 16.5. The average Bonchev–Trinajstić information content (AvgIpc) is 2.25. The van der Waals surface area contributed by atoms with Gasteiger partial charge in [-0.25, -0.2) is 4.79 Å². The van der Waals surface area contributed by atoms with Crippen LogP contribution in [0.3, 0.4) is 0 Å². The molecule has 1 aromatic rings. The molecule has 4 N–H and O–H groups in total. The first kappa shape index (κ1) is 15.0. The van der Waals surface area contributed by atoms with Gasteiger partial charge in [0.15, 0.2) is 0 Å². The van der Waals surface area contributed by atoms with Crippen molar-refractivity contribution in [2.75, 3.05) is 17.2 Å². The summed E-state index contributed by atoms with van der Waals surface area (Å²) in [5, 5.41) is 5.10. The number of ether oxygens (including phenoxy) is 1. The number of amides is 3. The molecular formula is C13H19N3O3. The van der Waals surface area contributed by atoms with Crippen LogP contribution >= 0.6 is 0 Å². The Labute approximate surface area is 112 Å². The summed E-state index contributed by atoms with van der Waals surface area (Å²) in [5.74, 6) is -0.258. The lowest BCUT2D eigenvalue weighted by molar-refractivity contribution is -0.125. The van der Waals surface area contributed by atoms with Crippen molar-refractivity contribution in [3.8, 4) is 0 Å². The molecule has 0 bridgehead atoms. The first-order valence-corrected chi connectivity index (χ1v) is 5.86. The molecule has 0 aliphatic rings. The molecular weight excluding hydrogens is 246 g/mol. The van der Waals surface area contributed by atoms with Gasteiger partial charge >= 0.3 is 6.03 Å². The van der Waals surface area contributed by atoms with Crippen LogP contribution < -0.4 is 16.4 Å². The van der Waals surface area contributed by atoms with E-state index < -0.39 is 6.03 Å². The molecule has 0 radical (unpaired) electrons. The summed E-state index contributed by atoms with van der Waals surface area (Å²) in [5.41, 5.74) is 5.73. The Morgan fingerprint density at radius 3 is 2.32 bits per heavy atom. The molecule has 19 heavy (non-hydrogen) atoms. The summed E-state index contributed by atoms with van der Waals surface area (Å²) in [4.78, 5) is 22.4. The van der Waals surface area contributed by atoms with Gasteiger partial charge in [-0.1, -0.05) is 6.07 Å². The third-order valence-electron chi connectivity index (χ3n) is 2.05. The van der Waals surface area contributed by atoms with E-state index in [1.165, 1.54) is 0 Å². The summed E-state index contributed by atoms with van der Waals surface area (Å²) in [7, 11) is 0.